The van der Waals surface area contributed by atoms with Crippen LogP contribution in [0.4, 0.5) is 0 Å². The summed E-state index contributed by atoms with van der Waals surface area (Å²) in [7, 11) is 1.51. The van der Waals surface area contributed by atoms with Crippen molar-refractivity contribution in [3.8, 4) is 5.75 Å². The van der Waals surface area contributed by atoms with Gasteiger partial charge in [0, 0.05) is 7.11 Å². The number of aryl methyl sites for hydroxylation is 1. The Kier molecular flexibility index (Phi) is 7.90. The van der Waals surface area contributed by atoms with Crippen molar-refractivity contribution in [3.05, 3.63) is 120 Å². The van der Waals surface area contributed by atoms with Crippen LogP contribution in [0, 0.1) is 6.92 Å². The Morgan fingerprint density at radius 2 is 1.77 bits per heavy atom. The van der Waals surface area contributed by atoms with Crippen LogP contribution in [0.1, 0.15) is 40.2 Å². The standard InChI is InChI=1S/C30H26N2O7S/c1-18-6-8-20(9-7-18)17-24-27(33)32-26(25(19(2)31-30(32)40-24)29(35)38-16-15-36-3)21-10-12-22(13-11-21)39-28(34)23-5-4-14-37-23/h4-14,17,26H,15-16H2,1-3H3/b24-17+/t26-/m0/s1. The predicted octanol–water partition coefficient (Wildman–Crippen LogP) is 3.55. The van der Waals surface area contributed by atoms with Crippen molar-refractivity contribution in [1.82, 2.24) is 4.57 Å². The molecule has 0 saturated heterocycles. The zero-order valence-electron chi connectivity index (χ0n) is 22.1. The molecule has 2 aromatic carbocycles. The molecular weight excluding hydrogens is 532 g/mol. The molecule has 0 fully saturated rings. The lowest BCUT2D eigenvalue weighted by Gasteiger charge is -2.25. The first-order valence-electron chi connectivity index (χ1n) is 12.5. The quantitative estimate of drug-likeness (QED) is 0.185. The number of hydrogen-bond acceptors (Lipinski definition) is 9. The number of thiazole rings is 1. The number of benzene rings is 2. The number of esters is 2. The molecular formula is C30H26N2O7S. The van der Waals surface area contributed by atoms with Gasteiger partial charge < -0.3 is 18.6 Å². The van der Waals surface area contributed by atoms with Crippen molar-refractivity contribution in [2.45, 2.75) is 19.9 Å². The summed E-state index contributed by atoms with van der Waals surface area (Å²) >= 11 is 1.25. The van der Waals surface area contributed by atoms with Crippen LogP contribution in [0.3, 0.4) is 0 Å². The number of furan rings is 1. The summed E-state index contributed by atoms with van der Waals surface area (Å²) in [6.45, 7) is 4.00. The Hall–Kier alpha value is -4.54. The molecule has 4 aromatic rings. The Bertz CT molecular complexity index is 1750. The van der Waals surface area contributed by atoms with Gasteiger partial charge in [-0.05, 0) is 55.3 Å². The van der Waals surface area contributed by atoms with E-state index in [0.29, 0.717) is 20.6 Å². The van der Waals surface area contributed by atoms with E-state index in [1.165, 1.54) is 35.3 Å². The number of fused-ring (bicyclic) bond motifs is 1. The van der Waals surface area contributed by atoms with Crippen LogP contribution in [0.5, 0.6) is 5.75 Å². The maximum Gasteiger partial charge on any atom is 0.379 e. The van der Waals surface area contributed by atoms with Crippen LogP contribution in [-0.2, 0) is 14.3 Å². The number of methoxy groups -OCH3 is 1. The van der Waals surface area contributed by atoms with Gasteiger partial charge >= 0.3 is 11.9 Å². The fourth-order valence-electron chi connectivity index (χ4n) is 4.28. The summed E-state index contributed by atoms with van der Waals surface area (Å²) in [5.74, 6) is -0.879. The monoisotopic (exact) mass is 558 g/mol. The van der Waals surface area contributed by atoms with Gasteiger partial charge in [-0.2, -0.15) is 0 Å². The second-order valence-corrected chi connectivity index (χ2v) is 10.1. The molecule has 0 radical (unpaired) electrons. The van der Waals surface area contributed by atoms with Crippen LogP contribution in [0.2, 0.25) is 0 Å². The lowest BCUT2D eigenvalue weighted by molar-refractivity contribution is -0.140. The third-order valence-electron chi connectivity index (χ3n) is 6.27. The van der Waals surface area contributed by atoms with E-state index >= 15 is 0 Å². The molecule has 0 bridgehead atoms. The van der Waals surface area contributed by atoms with Crippen molar-refractivity contribution in [2.24, 2.45) is 4.99 Å². The molecule has 0 N–H and O–H groups in total. The van der Waals surface area contributed by atoms with Crippen LogP contribution >= 0.6 is 11.3 Å². The minimum atomic E-state index is -0.804. The van der Waals surface area contributed by atoms with Gasteiger partial charge in [0.25, 0.3) is 5.56 Å². The summed E-state index contributed by atoms with van der Waals surface area (Å²) in [4.78, 5) is 44.4. The molecule has 2 aromatic heterocycles. The van der Waals surface area contributed by atoms with E-state index in [1.54, 1.807) is 37.3 Å². The molecule has 0 spiro atoms. The molecule has 204 valence electrons. The van der Waals surface area contributed by atoms with Gasteiger partial charge in [-0.15, -0.1) is 0 Å². The first-order valence-corrected chi connectivity index (χ1v) is 13.3. The van der Waals surface area contributed by atoms with E-state index in [-0.39, 0.29) is 35.9 Å². The number of ether oxygens (including phenoxy) is 3. The molecule has 1 aliphatic rings. The predicted molar refractivity (Wildman–Crippen MR) is 148 cm³/mol. The average Bonchev–Trinajstić information content (AvgIpc) is 3.59. The van der Waals surface area contributed by atoms with E-state index in [0.717, 1.165) is 11.1 Å². The van der Waals surface area contributed by atoms with Gasteiger partial charge in [-0.25, -0.2) is 14.6 Å². The van der Waals surface area contributed by atoms with Gasteiger partial charge in [0.05, 0.1) is 34.7 Å². The molecule has 3 heterocycles. The van der Waals surface area contributed by atoms with Gasteiger partial charge in [-0.3, -0.25) is 9.36 Å². The van der Waals surface area contributed by atoms with Crippen molar-refractivity contribution < 1.29 is 28.2 Å². The Labute approximate surface area is 233 Å². The molecule has 0 aliphatic carbocycles. The smallest absolute Gasteiger partial charge is 0.379 e. The van der Waals surface area contributed by atoms with Gasteiger partial charge in [0.15, 0.2) is 4.80 Å². The molecule has 10 heteroatoms. The Morgan fingerprint density at radius 1 is 1.02 bits per heavy atom. The van der Waals surface area contributed by atoms with Crippen LogP contribution in [-0.4, -0.2) is 36.8 Å². The highest BCUT2D eigenvalue weighted by Crippen LogP contribution is 2.31. The van der Waals surface area contributed by atoms with Crippen molar-refractivity contribution in [1.29, 1.82) is 0 Å². The molecule has 5 rings (SSSR count). The fourth-order valence-corrected chi connectivity index (χ4v) is 5.32. The number of carbonyl (C=O) groups is 2. The molecule has 0 saturated carbocycles. The average molecular weight is 559 g/mol. The third-order valence-corrected chi connectivity index (χ3v) is 7.25. The molecule has 40 heavy (non-hydrogen) atoms. The number of carbonyl (C=O) groups excluding carboxylic acids is 2. The first-order chi connectivity index (χ1) is 19.4. The number of aromatic nitrogens is 1. The third kappa shape index (κ3) is 5.58. The summed E-state index contributed by atoms with van der Waals surface area (Å²) in [5.41, 5.74) is 3.02. The molecule has 0 amide bonds. The van der Waals surface area contributed by atoms with E-state index in [9.17, 15) is 14.4 Å². The first kappa shape index (κ1) is 27.0. The summed E-state index contributed by atoms with van der Waals surface area (Å²) in [6.07, 6.45) is 3.20. The van der Waals surface area contributed by atoms with Gasteiger partial charge in [0.2, 0.25) is 5.76 Å². The zero-order valence-corrected chi connectivity index (χ0v) is 22.9. The van der Waals surface area contributed by atoms with Crippen LogP contribution < -0.4 is 19.6 Å². The van der Waals surface area contributed by atoms with Crippen molar-refractivity contribution in [3.63, 3.8) is 0 Å². The van der Waals surface area contributed by atoms with Gasteiger partial charge in [-0.1, -0.05) is 53.3 Å². The fraction of sp³-hybridized carbons (Fsp3) is 0.200. The Balaban J connectivity index is 1.56. The number of allylic oxidation sites excluding steroid dienone is 1. The Morgan fingerprint density at radius 3 is 2.45 bits per heavy atom. The largest absolute Gasteiger partial charge is 0.460 e. The van der Waals surface area contributed by atoms with E-state index in [1.807, 2.05) is 37.3 Å². The SMILES string of the molecule is COCCOC(=O)C1=C(C)N=c2s/c(=C/c3ccc(C)cc3)c(=O)n2[C@H]1c1ccc(OC(=O)c2ccco2)cc1. The van der Waals surface area contributed by atoms with Crippen molar-refractivity contribution in [2.75, 3.05) is 20.3 Å². The van der Waals surface area contributed by atoms with Crippen LogP contribution in [0.25, 0.3) is 6.08 Å². The highest BCUT2D eigenvalue weighted by molar-refractivity contribution is 7.07. The number of nitrogens with zero attached hydrogens (tertiary/aromatic N) is 2. The topological polar surface area (TPSA) is 109 Å². The van der Waals surface area contributed by atoms with Gasteiger partial charge in [0.1, 0.15) is 12.4 Å². The highest BCUT2D eigenvalue weighted by atomic mass is 32.1. The molecule has 1 aliphatic heterocycles. The second kappa shape index (κ2) is 11.7. The number of hydrogen-bond donors (Lipinski definition) is 0. The van der Waals surface area contributed by atoms with Crippen molar-refractivity contribution >= 4 is 29.4 Å². The highest BCUT2D eigenvalue weighted by Gasteiger charge is 2.33. The summed E-state index contributed by atoms with van der Waals surface area (Å²) in [5, 5.41) is 0. The minimum Gasteiger partial charge on any atom is -0.460 e. The molecule has 0 unspecified atom stereocenters. The van der Waals surface area contributed by atoms with E-state index < -0.39 is 18.0 Å². The van der Waals surface area contributed by atoms with Crippen LogP contribution in [0.15, 0.2) is 92.4 Å². The summed E-state index contributed by atoms with van der Waals surface area (Å²) in [6, 6.07) is 16.7. The normalized spacial score (nSPS) is 15.0. The lowest BCUT2D eigenvalue weighted by Crippen LogP contribution is -2.40. The van der Waals surface area contributed by atoms with E-state index in [2.05, 4.69) is 4.99 Å². The van der Waals surface area contributed by atoms with E-state index in [4.69, 9.17) is 18.6 Å². The minimum absolute atomic E-state index is 0.0539. The maximum atomic E-state index is 13.8. The zero-order chi connectivity index (χ0) is 28.2. The maximum absolute atomic E-state index is 13.8. The molecule has 9 nitrogen and oxygen atoms in total. The molecule has 1 atom stereocenters. The number of rotatable bonds is 8. The lowest BCUT2D eigenvalue weighted by atomic mass is 9.96. The summed E-state index contributed by atoms with van der Waals surface area (Å²) < 4.78 is 22.9. The second-order valence-electron chi connectivity index (χ2n) is 9.06.